The van der Waals surface area contributed by atoms with Crippen LogP contribution in [-0.4, -0.2) is 59.2 Å². The molecule has 1 fully saturated rings. The highest BCUT2D eigenvalue weighted by atomic mass is 35.5. The van der Waals surface area contributed by atoms with Gasteiger partial charge >= 0.3 is 0 Å². The van der Waals surface area contributed by atoms with E-state index in [1.165, 1.54) is 12.2 Å². The van der Waals surface area contributed by atoms with Gasteiger partial charge in [-0.2, -0.15) is 0 Å². The monoisotopic (exact) mass is 227 g/mol. The number of hydrogen-bond acceptors (Lipinski definition) is 3. The van der Waals surface area contributed by atoms with Crippen molar-refractivity contribution in [3.63, 3.8) is 0 Å². The van der Waals surface area contributed by atoms with Crippen molar-refractivity contribution in [2.24, 2.45) is 0 Å². The Balaban J connectivity index is 0.00000144. The summed E-state index contributed by atoms with van der Waals surface area (Å²) in [5.41, 5.74) is 0. The summed E-state index contributed by atoms with van der Waals surface area (Å²) in [4.78, 5) is 0. The van der Waals surface area contributed by atoms with Crippen LogP contribution in [0.2, 0.25) is 0 Å². The van der Waals surface area contributed by atoms with E-state index in [9.17, 15) is 0 Å². The van der Waals surface area contributed by atoms with E-state index in [1.807, 2.05) is 11.8 Å². The second kappa shape index (κ2) is 6.90. The predicted molar refractivity (Wildman–Crippen MR) is 51.0 cm³/mol. The summed E-state index contributed by atoms with van der Waals surface area (Å²) >= 11 is 1.93. The first-order valence-corrected chi connectivity index (χ1v) is 5.63. The normalized spacial score (nSPS) is 20.8. The molecular weight excluding hydrogens is 210 g/mol. The zero-order valence-electron chi connectivity index (χ0n) is 7.78. The van der Waals surface area contributed by atoms with E-state index in [2.05, 4.69) is 0 Å². The number of aliphatic hydroxyl groups excluding tert-OH is 2. The molecule has 0 spiro atoms. The van der Waals surface area contributed by atoms with Crippen molar-refractivity contribution in [1.82, 2.24) is 0 Å². The lowest BCUT2D eigenvalue weighted by molar-refractivity contribution is -0.918. The average Bonchev–Trinajstić information content (AvgIpc) is 2.07. The van der Waals surface area contributed by atoms with Crippen molar-refractivity contribution in [3.05, 3.63) is 0 Å². The summed E-state index contributed by atoms with van der Waals surface area (Å²) in [5.74, 6) is 2.29. The third-order valence-electron chi connectivity index (χ3n) is 2.43. The van der Waals surface area contributed by atoms with Gasteiger partial charge in [0.05, 0.1) is 19.8 Å². The van der Waals surface area contributed by atoms with Gasteiger partial charge in [0, 0.05) is 12.2 Å². The fraction of sp³-hybridized carbons (Fsp3) is 1.00. The van der Waals surface area contributed by atoms with Crippen LogP contribution in [-0.2, 0) is 0 Å². The Morgan fingerprint density at radius 2 is 1.77 bits per heavy atom. The van der Waals surface area contributed by atoms with Crippen molar-refractivity contribution in [3.8, 4) is 0 Å². The molecule has 1 heterocycles. The van der Waals surface area contributed by atoms with E-state index in [0.29, 0.717) is 0 Å². The van der Waals surface area contributed by atoms with Gasteiger partial charge < -0.3 is 27.1 Å². The van der Waals surface area contributed by atoms with Crippen LogP contribution in [0.1, 0.15) is 6.42 Å². The standard InChI is InChI=1S/C8H18NO2S.ClH/c10-5-3-9(4-6-11)2-1-7-12-8-9;/h10-11H,1-8H2;1H/q+1;/p-1. The first kappa shape index (κ1) is 13.5. The Morgan fingerprint density at radius 3 is 2.15 bits per heavy atom. The first-order chi connectivity index (χ1) is 5.83. The number of nitrogens with zero attached hydrogens (tertiary/aromatic N) is 1. The molecule has 1 aliphatic rings. The highest BCUT2D eigenvalue weighted by Crippen LogP contribution is 2.21. The molecule has 0 radical (unpaired) electrons. The lowest BCUT2D eigenvalue weighted by Gasteiger charge is -2.40. The zero-order chi connectivity index (χ0) is 8.86. The van der Waals surface area contributed by atoms with Crippen molar-refractivity contribution in [1.29, 1.82) is 0 Å². The largest absolute Gasteiger partial charge is 1.00 e. The molecule has 3 nitrogen and oxygen atoms in total. The number of hydrogen-bond donors (Lipinski definition) is 2. The molecule has 5 heteroatoms. The SMILES string of the molecule is OCC[N+]1(CCO)CCCSC1.[Cl-]. The quantitative estimate of drug-likeness (QED) is 0.500. The Hall–Kier alpha value is 0.520. The van der Waals surface area contributed by atoms with Crippen LogP contribution in [0.5, 0.6) is 0 Å². The second-order valence-corrected chi connectivity index (χ2v) is 4.43. The van der Waals surface area contributed by atoms with E-state index < -0.39 is 0 Å². The van der Waals surface area contributed by atoms with Gasteiger partial charge in [-0.3, -0.25) is 0 Å². The molecular formula is C8H18ClNO2S. The van der Waals surface area contributed by atoms with E-state index in [0.717, 1.165) is 30.0 Å². The molecule has 0 atom stereocenters. The summed E-state index contributed by atoms with van der Waals surface area (Å²) in [7, 11) is 0. The van der Waals surface area contributed by atoms with Crippen LogP contribution < -0.4 is 12.4 Å². The van der Waals surface area contributed by atoms with Crippen LogP contribution >= 0.6 is 11.8 Å². The molecule has 2 N–H and O–H groups in total. The van der Waals surface area contributed by atoms with E-state index in [-0.39, 0.29) is 25.6 Å². The topological polar surface area (TPSA) is 40.5 Å². The van der Waals surface area contributed by atoms with E-state index in [4.69, 9.17) is 10.2 Å². The molecule has 0 aromatic carbocycles. The molecule has 13 heavy (non-hydrogen) atoms. The summed E-state index contributed by atoms with van der Waals surface area (Å²) in [6.07, 6.45) is 1.21. The second-order valence-electron chi connectivity index (χ2n) is 3.35. The van der Waals surface area contributed by atoms with Crippen LogP contribution in [0, 0.1) is 0 Å². The van der Waals surface area contributed by atoms with Gasteiger partial charge in [-0.15, -0.1) is 11.8 Å². The van der Waals surface area contributed by atoms with Gasteiger partial charge in [0.2, 0.25) is 0 Å². The molecule has 0 bridgehead atoms. The summed E-state index contributed by atoms with van der Waals surface area (Å²) in [5, 5.41) is 17.8. The lowest BCUT2D eigenvalue weighted by Crippen LogP contribution is -3.00. The number of halogens is 1. The number of thioether (sulfide) groups is 1. The van der Waals surface area contributed by atoms with Crippen molar-refractivity contribution in [2.75, 3.05) is 44.5 Å². The first-order valence-electron chi connectivity index (χ1n) is 4.47. The van der Waals surface area contributed by atoms with E-state index in [1.54, 1.807) is 0 Å². The third-order valence-corrected chi connectivity index (χ3v) is 3.74. The summed E-state index contributed by atoms with van der Waals surface area (Å²) < 4.78 is 0.900. The van der Waals surface area contributed by atoms with Gasteiger partial charge in [0.15, 0.2) is 0 Å². The summed E-state index contributed by atoms with van der Waals surface area (Å²) in [6.45, 7) is 3.19. The van der Waals surface area contributed by atoms with Crippen molar-refractivity contribution < 1.29 is 27.1 Å². The minimum Gasteiger partial charge on any atom is -1.00 e. The predicted octanol–water partition coefficient (Wildman–Crippen LogP) is -3.11. The Kier molecular flexibility index (Phi) is 7.17. The maximum Gasteiger partial charge on any atom is 0.125 e. The molecule has 0 unspecified atom stereocenters. The highest BCUT2D eigenvalue weighted by Gasteiger charge is 2.28. The summed E-state index contributed by atoms with van der Waals surface area (Å²) in [6, 6.07) is 0. The van der Waals surface area contributed by atoms with Gasteiger partial charge in [0.1, 0.15) is 19.0 Å². The Labute approximate surface area is 90.1 Å². The smallest absolute Gasteiger partial charge is 0.125 e. The molecule has 1 saturated heterocycles. The molecule has 1 aliphatic heterocycles. The Morgan fingerprint density at radius 1 is 1.15 bits per heavy atom. The molecule has 0 aromatic rings. The maximum atomic E-state index is 8.90. The van der Waals surface area contributed by atoms with Crippen molar-refractivity contribution in [2.45, 2.75) is 6.42 Å². The molecule has 0 aromatic heterocycles. The minimum atomic E-state index is 0. The minimum absolute atomic E-state index is 0. The number of quaternary nitrogens is 1. The van der Waals surface area contributed by atoms with Crippen LogP contribution in [0.25, 0.3) is 0 Å². The van der Waals surface area contributed by atoms with E-state index >= 15 is 0 Å². The van der Waals surface area contributed by atoms with Gasteiger partial charge in [-0.25, -0.2) is 0 Å². The van der Waals surface area contributed by atoms with Gasteiger partial charge in [0.25, 0.3) is 0 Å². The molecule has 0 aliphatic carbocycles. The Bertz CT molecular complexity index is 116. The molecule has 0 saturated carbocycles. The van der Waals surface area contributed by atoms with Crippen LogP contribution in [0.15, 0.2) is 0 Å². The van der Waals surface area contributed by atoms with Crippen LogP contribution in [0.4, 0.5) is 0 Å². The average molecular weight is 228 g/mol. The highest BCUT2D eigenvalue weighted by molar-refractivity contribution is 7.99. The van der Waals surface area contributed by atoms with Crippen molar-refractivity contribution >= 4 is 11.8 Å². The number of rotatable bonds is 4. The fourth-order valence-corrected chi connectivity index (χ4v) is 2.95. The van der Waals surface area contributed by atoms with Gasteiger partial charge in [-0.1, -0.05) is 0 Å². The third kappa shape index (κ3) is 4.04. The zero-order valence-corrected chi connectivity index (χ0v) is 9.36. The van der Waals surface area contributed by atoms with Crippen LogP contribution in [0.3, 0.4) is 0 Å². The molecule has 80 valence electrons. The lowest BCUT2D eigenvalue weighted by atomic mass is 10.3. The number of aliphatic hydroxyl groups is 2. The molecule has 1 rings (SSSR count). The molecule has 0 amide bonds. The fourth-order valence-electron chi connectivity index (χ4n) is 1.71. The van der Waals surface area contributed by atoms with Gasteiger partial charge in [-0.05, 0) is 0 Å². The maximum absolute atomic E-state index is 8.90.